The minimum absolute atomic E-state index is 0.145. The molecule has 4 rings (SSSR count). The largest absolute Gasteiger partial charge is 0.496 e. The Balaban J connectivity index is 1.92. The van der Waals surface area contributed by atoms with Crippen LogP contribution in [0.2, 0.25) is 0 Å². The lowest BCUT2D eigenvalue weighted by molar-refractivity contribution is -0.127. The van der Waals surface area contributed by atoms with Crippen LogP contribution in [0.25, 0.3) is 16.9 Å². The second-order valence-corrected chi connectivity index (χ2v) is 7.36. The van der Waals surface area contributed by atoms with Crippen LogP contribution in [-0.4, -0.2) is 50.1 Å². The molecule has 1 fully saturated rings. The summed E-state index contributed by atoms with van der Waals surface area (Å²) in [6.07, 6.45) is 4.18. The molecule has 3 aromatic rings. The fraction of sp³-hybridized carbons (Fsp3) is 0.333. The average Bonchev–Trinajstić information content (AvgIpc) is 3.06. The SMILES string of the molecule is C=CC(=O)N1CCCC(n2c(=O)n(-c3ccc(C)c(OC)c3)c3c(N)ncnc32)C1. The number of hydrogen-bond acceptors (Lipinski definition) is 6. The molecule has 1 unspecified atom stereocenters. The van der Waals surface area contributed by atoms with E-state index in [1.807, 2.05) is 19.1 Å². The van der Waals surface area contributed by atoms with Crippen LogP contribution in [0.4, 0.5) is 5.82 Å². The molecule has 0 radical (unpaired) electrons. The van der Waals surface area contributed by atoms with Gasteiger partial charge in [-0.3, -0.25) is 13.9 Å². The van der Waals surface area contributed by atoms with Crippen LogP contribution in [-0.2, 0) is 4.79 Å². The van der Waals surface area contributed by atoms with Crippen LogP contribution in [0, 0.1) is 6.92 Å². The van der Waals surface area contributed by atoms with Gasteiger partial charge < -0.3 is 15.4 Å². The zero-order valence-corrected chi connectivity index (χ0v) is 17.0. The highest BCUT2D eigenvalue weighted by Crippen LogP contribution is 2.29. The summed E-state index contributed by atoms with van der Waals surface area (Å²) in [7, 11) is 1.59. The summed E-state index contributed by atoms with van der Waals surface area (Å²) in [6.45, 7) is 6.54. The number of ether oxygens (including phenoxy) is 1. The molecule has 0 aliphatic carbocycles. The van der Waals surface area contributed by atoms with Crippen molar-refractivity contribution in [2.45, 2.75) is 25.8 Å². The molecule has 9 nitrogen and oxygen atoms in total. The molecule has 9 heteroatoms. The number of fused-ring (bicyclic) bond motifs is 1. The number of carbonyl (C=O) groups is 1. The second-order valence-electron chi connectivity index (χ2n) is 7.36. The van der Waals surface area contributed by atoms with Crippen molar-refractivity contribution in [1.82, 2.24) is 24.0 Å². The summed E-state index contributed by atoms with van der Waals surface area (Å²) in [5.74, 6) is 0.732. The lowest BCUT2D eigenvalue weighted by atomic mass is 10.1. The number of aryl methyl sites for hydroxylation is 1. The van der Waals surface area contributed by atoms with Crippen LogP contribution in [0.5, 0.6) is 5.75 Å². The van der Waals surface area contributed by atoms with E-state index in [1.165, 1.54) is 17.0 Å². The molecule has 1 aliphatic rings. The molecule has 2 aromatic heterocycles. The first-order valence-electron chi connectivity index (χ1n) is 9.76. The van der Waals surface area contributed by atoms with Crippen molar-refractivity contribution in [3.63, 3.8) is 0 Å². The Hall–Kier alpha value is -3.62. The van der Waals surface area contributed by atoms with Gasteiger partial charge in [-0.25, -0.2) is 14.8 Å². The van der Waals surface area contributed by atoms with Gasteiger partial charge in [-0.15, -0.1) is 0 Å². The summed E-state index contributed by atoms with van der Waals surface area (Å²) in [5, 5.41) is 0. The number of imidazole rings is 1. The maximum absolute atomic E-state index is 13.6. The van der Waals surface area contributed by atoms with Crippen molar-refractivity contribution < 1.29 is 9.53 Å². The number of likely N-dealkylation sites (tertiary alicyclic amines) is 1. The van der Waals surface area contributed by atoms with Gasteiger partial charge in [0.2, 0.25) is 5.91 Å². The van der Waals surface area contributed by atoms with E-state index in [0.717, 1.165) is 18.4 Å². The predicted octanol–water partition coefficient (Wildman–Crippen LogP) is 1.83. The van der Waals surface area contributed by atoms with E-state index < -0.39 is 0 Å². The molecule has 1 aliphatic heterocycles. The summed E-state index contributed by atoms with van der Waals surface area (Å²) < 4.78 is 8.57. The number of piperidine rings is 1. The molecule has 0 spiro atoms. The third-order valence-electron chi connectivity index (χ3n) is 5.58. The Morgan fingerprint density at radius 2 is 2.17 bits per heavy atom. The summed E-state index contributed by atoms with van der Waals surface area (Å²) in [5.41, 5.74) is 8.35. The first-order chi connectivity index (χ1) is 14.5. The van der Waals surface area contributed by atoms with Crippen molar-refractivity contribution >= 4 is 22.9 Å². The first-order valence-corrected chi connectivity index (χ1v) is 9.76. The maximum Gasteiger partial charge on any atom is 0.335 e. The minimum atomic E-state index is -0.277. The van der Waals surface area contributed by atoms with E-state index in [9.17, 15) is 9.59 Å². The van der Waals surface area contributed by atoms with Crippen molar-refractivity contribution in [3.8, 4) is 11.4 Å². The Labute approximate surface area is 173 Å². The Kier molecular flexibility index (Phi) is 5.03. The van der Waals surface area contributed by atoms with Gasteiger partial charge >= 0.3 is 5.69 Å². The normalized spacial score (nSPS) is 16.6. The van der Waals surface area contributed by atoms with Gasteiger partial charge in [0.15, 0.2) is 11.5 Å². The predicted molar refractivity (Wildman–Crippen MR) is 114 cm³/mol. The molecule has 2 N–H and O–H groups in total. The van der Waals surface area contributed by atoms with Crippen molar-refractivity contribution in [2.75, 3.05) is 25.9 Å². The summed E-state index contributed by atoms with van der Waals surface area (Å²) in [6, 6.07) is 5.29. The minimum Gasteiger partial charge on any atom is -0.496 e. The molecular weight excluding hydrogens is 384 g/mol. The molecule has 0 saturated carbocycles. The Bertz CT molecular complexity index is 1200. The van der Waals surface area contributed by atoms with Gasteiger partial charge in [-0.05, 0) is 37.5 Å². The van der Waals surface area contributed by atoms with Crippen LogP contribution in [0.1, 0.15) is 24.4 Å². The van der Waals surface area contributed by atoms with E-state index in [-0.39, 0.29) is 23.5 Å². The number of anilines is 1. The second kappa shape index (κ2) is 7.66. The number of nitrogens with zero attached hydrogens (tertiary/aromatic N) is 5. The molecular formula is C21H24N6O3. The van der Waals surface area contributed by atoms with E-state index in [2.05, 4.69) is 16.5 Å². The van der Waals surface area contributed by atoms with Crippen molar-refractivity contribution in [2.24, 2.45) is 0 Å². The number of hydrogen-bond donors (Lipinski definition) is 1. The fourth-order valence-electron chi connectivity index (χ4n) is 4.08. The van der Waals surface area contributed by atoms with Crippen molar-refractivity contribution in [1.29, 1.82) is 0 Å². The summed E-state index contributed by atoms with van der Waals surface area (Å²) in [4.78, 5) is 35.9. The smallest absolute Gasteiger partial charge is 0.335 e. The van der Waals surface area contributed by atoms with Gasteiger partial charge in [0.1, 0.15) is 17.6 Å². The molecule has 0 bridgehead atoms. The monoisotopic (exact) mass is 408 g/mol. The van der Waals surface area contributed by atoms with Crippen LogP contribution in [0.15, 0.2) is 42.0 Å². The molecule has 1 atom stereocenters. The van der Waals surface area contributed by atoms with Gasteiger partial charge in [0, 0.05) is 19.2 Å². The third-order valence-corrected chi connectivity index (χ3v) is 5.58. The zero-order valence-electron chi connectivity index (χ0n) is 17.0. The number of carbonyl (C=O) groups excluding carboxylic acids is 1. The van der Waals surface area contributed by atoms with E-state index >= 15 is 0 Å². The highest BCUT2D eigenvalue weighted by Gasteiger charge is 2.29. The Morgan fingerprint density at radius 1 is 1.37 bits per heavy atom. The maximum atomic E-state index is 13.6. The van der Waals surface area contributed by atoms with E-state index in [1.54, 1.807) is 22.6 Å². The fourth-order valence-corrected chi connectivity index (χ4v) is 4.08. The topological polar surface area (TPSA) is 108 Å². The number of methoxy groups -OCH3 is 1. The molecule has 1 amide bonds. The first kappa shape index (κ1) is 19.7. The lowest BCUT2D eigenvalue weighted by Gasteiger charge is -2.32. The lowest BCUT2D eigenvalue weighted by Crippen LogP contribution is -2.42. The van der Waals surface area contributed by atoms with Gasteiger partial charge in [0.05, 0.1) is 18.8 Å². The van der Waals surface area contributed by atoms with Crippen LogP contribution < -0.4 is 16.2 Å². The molecule has 3 heterocycles. The average molecular weight is 408 g/mol. The van der Waals surface area contributed by atoms with E-state index in [4.69, 9.17) is 10.5 Å². The van der Waals surface area contributed by atoms with Gasteiger partial charge in [-0.1, -0.05) is 12.6 Å². The molecule has 30 heavy (non-hydrogen) atoms. The van der Waals surface area contributed by atoms with Crippen LogP contribution in [0.3, 0.4) is 0 Å². The van der Waals surface area contributed by atoms with Crippen LogP contribution >= 0.6 is 0 Å². The quantitative estimate of drug-likeness (QED) is 0.660. The molecule has 1 aromatic carbocycles. The molecule has 156 valence electrons. The highest BCUT2D eigenvalue weighted by atomic mass is 16.5. The number of benzene rings is 1. The molecule has 1 saturated heterocycles. The number of amides is 1. The highest BCUT2D eigenvalue weighted by molar-refractivity contribution is 5.87. The summed E-state index contributed by atoms with van der Waals surface area (Å²) >= 11 is 0. The number of nitrogens with two attached hydrogens (primary N) is 1. The Morgan fingerprint density at radius 3 is 2.90 bits per heavy atom. The number of nitrogen functional groups attached to an aromatic ring is 1. The zero-order chi connectivity index (χ0) is 21.4. The standard InChI is InChI=1S/C21H24N6O3/c1-4-17(28)25-9-5-6-15(11-25)27-20-18(19(22)23-12-24-20)26(21(27)29)14-8-7-13(2)16(10-14)30-3/h4,7-8,10,12,15H,1,5-6,9,11H2,2-3H3,(H2,22,23,24). The van der Waals surface area contributed by atoms with E-state index in [0.29, 0.717) is 35.7 Å². The number of rotatable bonds is 4. The third kappa shape index (κ3) is 3.12. The van der Waals surface area contributed by atoms with Gasteiger partial charge in [-0.2, -0.15) is 0 Å². The van der Waals surface area contributed by atoms with Crippen molar-refractivity contribution in [3.05, 3.63) is 53.2 Å². The number of aromatic nitrogens is 4. The van der Waals surface area contributed by atoms with Gasteiger partial charge in [0.25, 0.3) is 0 Å².